The number of ether oxygens (including phenoxy) is 2. The molecule has 3 N–H and O–H groups in total. The van der Waals surface area contributed by atoms with Crippen LogP contribution >= 0.6 is 12.4 Å². The first kappa shape index (κ1) is 16.5. The van der Waals surface area contributed by atoms with Gasteiger partial charge in [0.2, 0.25) is 5.91 Å². The smallest absolute Gasteiger partial charge is 0.241 e. The van der Waals surface area contributed by atoms with E-state index in [0.29, 0.717) is 5.75 Å². The molecule has 0 spiro atoms. The van der Waals surface area contributed by atoms with Gasteiger partial charge in [0, 0.05) is 12.1 Å². The summed E-state index contributed by atoms with van der Waals surface area (Å²) in [6.07, 6.45) is 0. The molecule has 0 unspecified atom stereocenters. The highest BCUT2D eigenvalue weighted by Gasteiger charge is 2.15. The Kier molecular flexibility index (Phi) is 6.43. The van der Waals surface area contributed by atoms with Crippen LogP contribution < -0.4 is 20.5 Å². The van der Waals surface area contributed by atoms with Crippen molar-refractivity contribution in [2.24, 2.45) is 5.73 Å². The number of benzene rings is 1. The van der Waals surface area contributed by atoms with Gasteiger partial charge in [-0.1, -0.05) is 0 Å². The number of carbonyl (C=O) groups excluding carboxylic acids is 1. The Morgan fingerprint density at radius 1 is 1.33 bits per heavy atom. The minimum absolute atomic E-state index is 0. The van der Waals surface area contributed by atoms with E-state index in [1.165, 1.54) is 27.2 Å². The molecule has 102 valence electrons. The van der Waals surface area contributed by atoms with Crippen molar-refractivity contribution in [3.05, 3.63) is 17.9 Å². The predicted octanol–water partition coefficient (Wildman–Crippen LogP) is 1.55. The van der Waals surface area contributed by atoms with Crippen LogP contribution in [0.4, 0.5) is 10.1 Å². The molecule has 1 amide bonds. The molecule has 5 nitrogen and oxygen atoms in total. The third-order valence-electron chi connectivity index (χ3n) is 2.15. The van der Waals surface area contributed by atoms with Crippen LogP contribution in [0.5, 0.6) is 11.5 Å². The fraction of sp³-hybridized carbons (Fsp3) is 0.364. The standard InChI is InChI=1S/C11H15FN2O3.ClH/c1-6(13)11(15)14-8-4-7(12)9(16-2)5-10(8)17-3;/h4-6H,13H2,1-3H3,(H,14,15);1H/t6-;/m1./s1. The van der Waals surface area contributed by atoms with Gasteiger partial charge in [-0.25, -0.2) is 4.39 Å². The molecule has 0 heterocycles. The van der Waals surface area contributed by atoms with Gasteiger partial charge in [-0.3, -0.25) is 4.79 Å². The van der Waals surface area contributed by atoms with Crippen molar-refractivity contribution < 1.29 is 18.7 Å². The number of anilines is 1. The third kappa shape index (κ3) is 3.75. The second-order valence-electron chi connectivity index (χ2n) is 3.46. The Bertz CT molecular complexity index is 427. The van der Waals surface area contributed by atoms with Crippen molar-refractivity contribution in [1.82, 2.24) is 0 Å². The van der Waals surface area contributed by atoms with E-state index in [1.807, 2.05) is 0 Å². The van der Waals surface area contributed by atoms with Crippen LogP contribution in [0.1, 0.15) is 6.92 Å². The van der Waals surface area contributed by atoms with Crippen molar-refractivity contribution in [1.29, 1.82) is 0 Å². The number of methoxy groups -OCH3 is 2. The van der Waals surface area contributed by atoms with Crippen LogP contribution in [0.2, 0.25) is 0 Å². The summed E-state index contributed by atoms with van der Waals surface area (Å²) in [5, 5.41) is 2.47. The number of nitrogens with one attached hydrogen (secondary N) is 1. The van der Waals surface area contributed by atoms with Gasteiger partial charge < -0.3 is 20.5 Å². The highest BCUT2D eigenvalue weighted by Crippen LogP contribution is 2.31. The number of halogens is 2. The quantitative estimate of drug-likeness (QED) is 0.876. The summed E-state index contributed by atoms with van der Waals surface area (Å²) in [5.41, 5.74) is 5.61. The molecule has 0 aliphatic rings. The molecule has 0 aliphatic carbocycles. The third-order valence-corrected chi connectivity index (χ3v) is 2.15. The SMILES string of the molecule is COc1cc(OC)c(NC(=O)[C@@H](C)N)cc1F.Cl. The van der Waals surface area contributed by atoms with Gasteiger partial charge in [0.05, 0.1) is 25.9 Å². The zero-order valence-corrected chi connectivity index (χ0v) is 11.1. The van der Waals surface area contributed by atoms with E-state index >= 15 is 0 Å². The van der Waals surface area contributed by atoms with Gasteiger partial charge in [-0.2, -0.15) is 0 Å². The second-order valence-corrected chi connectivity index (χ2v) is 3.46. The Hall–Kier alpha value is -1.53. The maximum Gasteiger partial charge on any atom is 0.241 e. The monoisotopic (exact) mass is 278 g/mol. The molecule has 0 fully saturated rings. The summed E-state index contributed by atoms with van der Waals surface area (Å²) in [5.74, 6) is -0.668. The molecule has 0 bridgehead atoms. The minimum atomic E-state index is -0.690. The lowest BCUT2D eigenvalue weighted by atomic mass is 10.2. The van der Waals surface area contributed by atoms with Crippen LogP contribution in [-0.2, 0) is 4.79 Å². The maximum absolute atomic E-state index is 13.5. The highest BCUT2D eigenvalue weighted by atomic mass is 35.5. The molecule has 1 rings (SSSR count). The number of hydrogen-bond acceptors (Lipinski definition) is 4. The Balaban J connectivity index is 0.00000289. The van der Waals surface area contributed by atoms with Crippen molar-refractivity contribution in [2.75, 3.05) is 19.5 Å². The number of rotatable bonds is 4. The van der Waals surface area contributed by atoms with Crippen LogP contribution in [0.3, 0.4) is 0 Å². The molecule has 1 aromatic carbocycles. The normalized spacial score (nSPS) is 11.2. The average molecular weight is 279 g/mol. The Morgan fingerprint density at radius 2 is 1.89 bits per heavy atom. The van der Waals surface area contributed by atoms with E-state index in [-0.39, 0.29) is 23.8 Å². The van der Waals surface area contributed by atoms with Gasteiger partial charge in [0.15, 0.2) is 11.6 Å². The van der Waals surface area contributed by atoms with Crippen molar-refractivity contribution >= 4 is 24.0 Å². The Labute approximate surface area is 111 Å². The van der Waals surface area contributed by atoms with Crippen LogP contribution in [0.25, 0.3) is 0 Å². The lowest BCUT2D eigenvalue weighted by Crippen LogP contribution is -2.32. The van der Waals surface area contributed by atoms with Crippen molar-refractivity contribution in [3.63, 3.8) is 0 Å². The first-order valence-corrected chi connectivity index (χ1v) is 4.97. The predicted molar refractivity (Wildman–Crippen MR) is 69.0 cm³/mol. The number of nitrogens with two attached hydrogens (primary N) is 1. The largest absolute Gasteiger partial charge is 0.494 e. The summed E-state index contributed by atoms with van der Waals surface area (Å²) in [4.78, 5) is 11.4. The molecule has 18 heavy (non-hydrogen) atoms. The fourth-order valence-electron chi connectivity index (χ4n) is 1.20. The van der Waals surface area contributed by atoms with Gasteiger partial charge in [-0.05, 0) is 6.92 Å². The van der Waals surface area contributed by atoms with E-state index < -0.39 is 17.8 Å². The van der Waals surface area contributed by atoms with E-state index in [2.05, 4.69) is 5.32 Å². The Morgan fingerprint density at radius 3 is 2.33 bits per heavy atom. The summed E-state index contributed by atoms with van der Waals surface area (Å²) in [6, 6.07) is 1.79. The molecule has 1 aromatic rings. The van der Waals surface area contributed by atoms with Gasteiger partial charge in [0.25, 0.3) is 0 Å². The van der Waals surface area contributed by atoms with Crippen LogP contribution in [-0.4, -0.2) is 26.2 Å². The minimum Gasteiger partial charge on any atom is -0.494 e. The summed E-state index contributed by atoms with van der Waals surface area (Å²) in [7, 11) is 2.76. The molecule has 0 saturated carbocycles. The van der Waals surface area contributed by atoms with Gasteiger partial charge >= 0.3 is 0 Å². The van der Waals surface area contributed by atoms with Gasteiger partial charge in [0.1, 0.15) is 5.75 Å². The van der Waals surface area contributed by atoms with Crippen molar-refractivity contribution in [2.45, 2.75) is 13.0 Å². The first-order valence-electron chi connectivity index (χ1n) is 4.97. The van der Waals surface area contributed by atoms with Crippen LogP contribution in [0.15, 0.2) is 12.1 Å². The summed E-state index contributed by atoms with van der Waals surface area (Å²) >= 11 is 0. The fourth-order valence-corrected chi connectivity index (χ4v) is 1.20. The van der Waals surface area contributed by atoms with E-state index in [0.717, 1.165) is 6.07 Å². The molecule has 0 aliphatic heterocycles. The summed E-state index contributed by atoms with van der Waals surface area (Å²) in [6.45, 7) is 1.53. The molecular weight excluding hydrogens is 263 g/mol. The molecule has 7 heteroatoms. The van der Waals surface area contributed by atoms with Gasteiger partial charge in [-0.15, -0.1) is 12.4 Å². The molecule has 0 aromatic heterocycles. The first-order chi connectivity index (χ1) is 7.99. The van der Waals surface area contributed by atoms with E-state index in [1.54, 1.807) is 0 Å². The molecule has 1 atom stereocenters. The average Bonchev–Trinajstić information content (AvgIpc) is 2.29. The molecular formula is C11H16ClFN2O3. The molecule has 0 saturated heterocycles. The van der Waals surface area contributed by atoms with E-state index in [9.17, 15) is 9.18 Å². The van der Waals surface area contributed by atoms with Crippen molar-refractivity contribution in [3.8, 4) is 11.5 Å². The number of carbonyl (C=O) groups is 1. The lowest BCUT2D eigenvalue weighted by molar-refractivity contribution is -0.117. The zero-order chi connectivity index (χ0) is 13.0. The van der Waals surface area contributed by atoms with Crippen LogP contribution in [0, 0.1) is 5.82 Å². The highest BCUT2D eigenvalue weighted by molar-refractivity contribution is 5.95. The second kappa shape index (κ2) is 7.03. The number of amides is 1. The molecule has 0 radical (unpaired) electrons. The lowest BCUT2D eigenvalue weighted by Gasteiger charge is -2.13. The topological polar surface area (TPSA) is 73.6 Å². The summed E-state index contributed by atoms with van der Waals surface area (Å²) < 4.78 is 23.3. The van der Waals surface area contributed by atoms with E-state index in [4.69, 9.17) is 15.2 Å². The zero-order valence-electron chi connectivity index (χ0n) is 10.3. The number of hydrogen-bond donors (Lipinski definition) is 2. The maximum atomic E-state index is 13.5.